The maximum Gasteiger partial charge on any atom is 0.312 e. The minimum Gasteiger partial charge on any atom is -0.370 e. The number of aliphatic imine (C=N–C) groups is 2. The standard InChI is InChI=1S/C18H36N10O4/c1-10(2)13(15(31)26-11(9-29)5-3-7-24-16(19)20)28-14(30)12(27-18(23)32)6-4-8-25-17(21)22/h9-13H,3-8H2,1-2H3,(H,26,31)(H,28,30)(H4,19,20,24)(H4,21,22,25)(H3,23,27,32)/t11-,12-,13-/m0/s1. The van der Waals surface area contributed by atoms with Crippen molar-refractivity contribution in [1.82, 2.24) is 16.0 Å². The Morgan fingerprint density at radius 2 is 1.34 bits per heavy atom. The lowest BCUT2D eigenvalue weighted by Gasteiger charge is -2.26. The summed E-state index contributed by atoms with van der Waals surface area (Å²) in [5.41, 5.74) is 26.2. The van der Waals surface area contributed by atoms with E-state index in [4.69, 9.17) is 28.7 Å². The molecule has 0 aromatic carbocycles. The van der Waals surface area contributed by atoms with Crippen molar-refractivity contribution in [2.75, 3.05) is 13.1 Å². The van der Waals surface area contributed by atoms with Crippen molar-refractivity contribution in [3.8, 4) is 0 Å². The third kappa shape index (κ3) is 12.9. The SMILES string of the molecule is CC(C)[C@H](NC(=O)[C@H](CCCN=C(N)N)NC(N)=O)C(=O)N[C@H](C=O)CCCN=C(N)N. The Hall–Kier alpha value is -3.58. The Balaban J connectivity index is 5.04. The normalized spacial score (nSPS) is 13.2. The van der Waals surface area contributed by atoms with Crippen LogP contribution < -0.4 is 44.6 Å². The number of aldehydes is 1. The van der Waals surface area contributed by atoms with Gasteiger partial charge in [0.2, 0.25) is 11.8 Å². The second-order valence-corrected chi connectivity index (χ2v) is 7.44. The summed E-state index contributed by atoms with van der Waals surface area (Å²) in [5, 5.41) is 7.54. The minimum absolute atomic E-state index is 0.0586. The number of rotatable bonds is 15. The molecule has 0 saturated heterocycles. The number of primary amides is 1. The van der Waals surface area contributed by atoms with Crippen LogP contribution in [0.5, 0.6) is 0 Å². The molecule has 14 heteroatoms. The number of hydrogen-bond acceptors (Lipinski definition) is 6. The monoisotopic (exact) mass is 456 g/mol. The van der Waals surface area contributed by atoms with Gasteiger partial charge in [-0.25, -0.2) is 4.79 Å². The molecule has 0 aliphatic heterocycles. The highest BCUT2D eigenvalue weighted by atomic mass is 16.2. The molecule has 0 bridgehead atoms. The van der Waals surface area contributed by atoms with E-state index in [1.54, 1.807) is 13.8 Å². The first-order chi connectivity index (χ1) is 15.0. The molecule has 32 heavy (non-hydrogen) atoms. The molecule has 0 radical (unpaired) electrons. The first kappa shape index (κ1) is 28.4. The number of nitrogens with zero attached hydrogens (tertiary/aromatic N) is 2. The predicted molar refractivity (Wildman–Crippen MR) is 121 cm³/mol. The van der Waals surface area contributed by atoms with Crippen molar-refractivity contribution in [2.24, 2.45) is 44.6 Å². The zero-order valence-corrected chi connectivity index (χ0v) is 18.5. The number of guanidine groups is 2. The van der Waals surface area contributed by atoms with E-state index in [1.165, 1.54) is 0 Å². The summed E-state index contributed by atoms with van der Waals surface area (Å²) in [4.78, 5) is 55.6. The molecule has 0 aliphatic rings. The summed E-state index contributed by atoms with van der Waals surface area (Å²) >= 11 is 0. The molecule has 0 rings (SSSR count). The van der Waals surface area contributed by atoms with Gasteiger partial charge in [0.1, 0.15) is 18.4 Å². The Labute approximate surface area is 187 Å². The molecule has 0 saturated carbocycles. The fraction of sp³-hybridized carbons (Fsp3) is 0.667. The number of hydrogen-bond donors (Lipinski definition) is 8. The van der Waals surface area contributed by atoms with Gasteiger partial charge < -0.3 is 49.4 Å². The summed E-state index contributed by atoms with van der Waals surface area (Å²) in [6.45, 7) is 4.03. The Bertz CT molecular complexity index is 687. The second kappa shape index (κ2) is 15.3. The lowest BCUT2D eigenvalue weighted by molar-refractivity contribution is -0.132. The maximum absolute atomic E-state index is 12.7. The van der Waals surface area contributed by atoms with Crippen molar-refractivity contribution in [2.45, 2.75) is 57.7 Å². The predicted octanol–water partition coefficient (Wildman–Crippen LogP) is -3.04. The maximum atomic E-state index is 12.7. The van der Waals surface area contributed by atoms with Crippen LogP contribution in [0.25, 0.3) is 0 Å². The van der Waals surface area contributed by atoms with Gasteiger partial charge in [-0.3, -0.25) is 19.6 Å². The topological polar surface area (TPSA) is 259 Å². The fourth-order valence-corrected chi connectivity index (χ4v) is 2.70. The summed E-state index contributed by atoms with van der Waals surface area (Å²) < 4.78 is 0. The number of carbonyl (C=O) groups is 4. The Morgan fingerprint density at radius 1 is 0.812 bits per heavy atom. The molecule has 4 amide bonds. The molecule has 0 aromatic rings. The van der Waals surface area contributed by atoms with Crippen molar-refractivity contribution in [1.29, 1.82) is 0 Å². The van der Waals surface area contributed by atoms with Gasteiger partial charge in [-0.1, -0.05) is 13.8 Å². The van der Waals surface area contributed by atoms with Gasteiger partial charge in [0.05, 0.1) is 6.04 Å². The van der Waals surface area contributed by atoms with E-state index in [0.717, 1.165) is 0 Å². The van der Waals surface area contributed by atoms with Crippen LogP contribution in [0.1, 0.15) is 39.5 Å². The van der Waals surface area contributed by atoms with E-state index >= 15 is 0 Å². The minimum atomic E-state index is -0.989. The van der Waals surface area contributed by atoms with Gasteiger partial charge in [0.15, 0.2) is 11.9 Å². The number of amides is 4. The van der Waals surface area contributed by atoms with Gasteiger partial charge in [-0.05, 0) is 31.6 Å². The molecule has 0 heterocycles. The zero-order chi connectivity index (χ0) is 24.7. The average molecular weight is 457 g/mol. The van der Waals surface area contributed by atoms with Crippen LogP contribution in [0, 0.1) is 5.92 Å². The van der Waals surface area contributed by atoms with Gasteiger partial charge in [-0.2, -0.15) is 0 Å². The van der Waals surface area contributed by atoms with Gasteiger partial charge >= 0.3 is 6.03 Å². The molecular weight excluding hydrogens is 420 g/mol. The molecule has 0 spiro atoms. The number of nitrogens with two attached hydrogens (primary N) is 5. The molecule has 0 unspecified atom stereocenters. The highest BCUT2D eigenvalue weighted by Gasteiger charge is 2.29. The van der Waals surface area contributed by atoms with Crippen LogP contribution in [-0.2, 0) is 14.4 Å². The fourth-order valence-electron chi connectivity index (χ4n) is 2.70. The molecule has 0 aromatic heterocycles. The van der Waals surface area contributed by atoms with E-state index in [2.05, 4.69) is 25.9 Å². The molecule has 0 fully saturated rings. The summed E-state index contributed by atoms with van der Waals surface area (Å²) in [7, 11) is 0. The molecule has 182 valence electrons. The zero-order valence-electron chi connectivity index (χ0n) is 18.5. The third-order valence-corrected chi connectivity index (χ3v) is 4.28. The summed E-state index contributed by atoms with van der Waals surface area (Å²) in [6.07, 6.45) is 1.98. The van der Waals surface area contributed by atoms with E-state index in [9.17, 15) is 19.2 Å². The Kier molecular flexibility index (Phi) is 13.5. The molecule has 14 nitrogen and oxygen atoms in total. The van der Waals surface area contributed by atoms with Crippen LogP contribution in [0.3, 0.4) is 0 Å². The van der Waals surface area contributed by atoms with Gasteiger partial charge in [0, 0.05) is 13.1 Å². The third-order valence-electron chi connectivity index (χ3n) is 4.28. The first-order valence-electron chi connectivity index (χ1n) is 10.2. The number of urea groups is 1. The average Bonchev–Trinajstić information content (AvgIpc) is 2.69. The highest BCUT2D eigenvalue weighted by molar-refractivity contribution is 5.92. The lowest BCUT2D eigenvalue weighted by Crippen LogP contribution is -2.57. The van der Waals surface area contributed by atoms with E-state index in [1.807, 2.05) is 0 Å². The molecular formula is C18H36N10O4. The Morgan fingerprint density at radius 3 is 1.78 bits per heavy atom. The quantitative estimate of drug-likeness (QED) is 0.0542. The lowest BCUT2D eigenvalue weighted by atomic mass is 10.0. The highest BCUT2D eigenvalue weighted by Crippen LogP contribution is 2.06. The summed E-state index contributed by atoms with van der Waals surface area (Å²) in [6, 6.07) is -3.59. The van der Waals surface area contributed by atoms with Crippen LogP contribution in [0.4, 0.5) is 4.79 Å². The first-order valence-corrected chi connectivity index (χ1v) is 10.2. The van der Waals surface area contributed by atoms with Crippen molar-refractivity contribution < 1.29 is 19.2 Å². The number of carbonyl (C=O) groups excluding carboxylic acids is 4. The van der Waals surface area contributed by atoms with Gasteiger partial charge in [0.25, 0.3) is 0 Å². The van der Waals surface area contributed by atoms with Crippen LogP contribution in [0.2, 0.25) is 0 Å². The molecule has 13 N–H and O–H groups in total. The van der Waals surface area contributed by atoms with E-state index < -0.39 is 36.0 Å². The van der Waals surface area contributed by atoms with Crippen LogP contribution in [-0.4, -0.2) is 67.3 Å². The van der Waals surface area contributed by atoms with Crippen molar-refractivity contribution in [3.63, 3.8) is 0 Å². The smallest absolute Gasteiger partial charge is 0.312 e. The number of nitrogens with one attached hydrogen (secondary N) is 3. The summed E-state index contributed by atoms with van der Waals surface area (Å²) in [5.74, 6) is -1.59. The molecule has 0 aliphatic carbocycles. The van der Waals surface area contributed by atoms with E-state index in [-0.39, 0.29) is 30.8 Å². The van der Waals surface area contributed by atoms with E-state index in [0.29, 0.717) is 32.1 Å². The second-order valence-electron chi connectivity index (χ2n) is 7.44. The van der Waals surface area contributed by atoms with Gasteiger partial charge in [-0.15, -0.1) is 0 Å². The van der Waals surface area contributed by atoms with Crippen molar-refractivity contribution in [3.05, 3.63) is 0 Å². The van der Waals surface area contributed by atoms with Crippen LogP contribution >= 0.6 is 0 Å². The molecule has 3 atom stereocenters. The van der Waals surface area contributed by atoms with Crippen LogP contribution in [0.15, 0.2) is 9.98 Å². The van der Waals surface area contributed by atoms with Crippen molar-refractivity contribution >= 4 is 36.1 Å². The largest absolute Gasteiger partial charge is 0.370 e.